The third-order valence-corrected chi connectivity index (χ3v) is 7.00. The van der Waals surface area contributed by atoms with Crippen LogP contribution in [0.3, 0.4) is 0 Å². The maximum absolute atomic E-state index is 13.0. The summed E-state index contributed by atoms with van der Waals surface area (Å²) < 4.78 is 7.37. The Balaban J connectivity index is 1.35. The molecule has 0 atom stereocenters. The van der Waals surface area contributed by atoms with Crippen LogP contribution in [0.25, 0.3) is 23.0 Å². The van der Waals surface area contributed by atoms with Crippen LogP contribution in [0.15, 0.2) is 84.4 Å². The lowest BCUT2D eigenvalue weighted by molar-refractivity contribution is -0.127. The van der Waals surface area contributed by atoms with Crippen molar-refractivity contribution in [2.75, 3.05) is 33.3 Å². The van der Waals surface area contributed by atoms with Crippen molar-refractivity contribution in [3.8, 4) is 22.7 Å². The topological polar surface area (TPSA) is 67.7 Å². The van der Waals surface area contributed by atoms with Crippen LogP contribution in [-0.2, 0) is 4.79 Å². The zero-order valence-electron chi connectivity index (χ0n) is 19.9. The first-order valence-corrected chi connectivity index (χ1v) is 12.6. The molecule has 182 valence electrons. The molecule has 2 amide bonds. The number of aromatic nitrogens is 2. The summed E-state index contributed by atoms with van der Waals surface area (Å²) in [5.41, 5.74) is 3.31. The lowest BCUT2D eigenvalue weighted by Crippen LogP contribution is -2.50. The number of amides is 2. The van der Waals surface area contributed by atoms with Gasteiger partial charge in [-0.15, -0.1) is 11.3 Å². The van der Waals surface area contributed by atoms with Gasteiger partial charge in [-0.25, -0.2) is 4.68 Å². The van der Waals surface area contributed by atoms with Gasteiger partial charge in [-0.2, -0.15) is 5.10 Å². The van der Waals surface area contributed by atoms with Crippen LogP contribution in [0.1, 0.15) is 15.2 Å². The number of thiophene rings is 1. The molecule has 36 heavy (non-hydrogen) atoms. The molecule has 3 heterocycles. The zero-order chi connectivity index (χ0) is 24.9. The van der Waals surface area contributed by atoms with E-state index in [1.54, 1.807) is 28.8 Å². The van der Waals surface area contributed by atoms with Crippen molar-refractivity contribution in [2.24, 2.45) is 0 Å². The summed E-state index contributed by atoms with van der Waals surface area (Å²) in [6.45, 7) is 2.05. The Labute approximate surface area is 213 Å². The standard InChI is InChI=1S/C28H26N4O3S/c1-35-24-11-6-5-10-23(24)27-21(20-32(29-27)22-8-3-2-4-9-22)13-14-26(33)30-15-17-31(18-16-30)28(34)25-12-7-19-36-25/h2-14,19-20H,15-18H2,1H3/b14-13+. The average Bonchev–Trinajstić information content (AvgIpc) is 3.63. The Bertz CT molecular complexity index is 1370. The Morgan fingerprint density at radius 3 is 2.36 bits per heavy atom. The van der Waals surface area contributed by atoms with Crippen LogP contribution in [0.4, 0.5) is 0 Å². The van der Waals surface area contributed by atoms with Gasteiger partial charge < -0.3 is 14.5 Å². The maximum Gasteiger partial charge on any atom is 0.264 e. The van der Waals surface area contributed by atoms with Crippen molar-refractivity contribution in [1.29, 1.82) is 0 Å². The van der Waals surface area contributed by atoms with Crippen molar-refractivity contribution in [2.45, 2.75) is 0 Å². The monoisotopic (exact) mass is 498 g/mol. The van der Waals surface area contributed by atoms with Crippen molar-refractivity contribution in [3.05, 3.63) is 94.8 Å². The molecule has 0 unspecified atom stereocenters. The smallest absolute Gasteiger partial charge is 0.264 e. The fourth-order valence-electron chi connectivity index (χ4n) is 4.22. The van der Waals surface area contributed by atoms with Gasteiger partial charge in [0.1, 0.15) is 11.4 Å². The second-order valence-electron chi connectivity index (χ2n) is 8.34. The molecular weight excluding hydrogens is 472 g/mol. The van der Waals surface area contributed by atoms with Crippen LogP contribution in [0, 0.1) is 0 Å². The Hall–Kier alpha value is -4.17. The number of benzene rings is 2. The molecule has 0 spiro atoms. The normalized spacial score (nSPS) is 13.8. The number of carbonyl (C=O) groups excluding carboxylic acids is 2. The number of carbonyl (C=O) groups is 2. The Morgan fingerprint density at radius 1 is 0.917 bits per heavy atom. The molecule has 0 bridgehead atoms. The van der Waals surface area contributed by atoms with E-state index in [1.165, 1.54) is 11.3 Å². The molecule has 5 rings (SSSR count). The molecule has 1 aliphatic rings. The number of piperazine rings is 1. The van der Waals surface area contributed by atoms with Crippen LogP contribution in [0.5, 0.6) is 5.75 Å². The second kappa shape index (κ2) is 10.6. The van der Waals surface area contributed by atoms with Gasteiger partial charge in [0, 0.05) is 49.6 Å². The number of hydrogen-bond donors (Lipinski definition) is 0. The van der Waals surface area contributed by atoms with Crippen LogP contribution >= 0.6 is 11.3 Å². The van der Waals surface area contributed by atoms with Crippen molar-refractivity contribution in [3.63, 3.8) is 0 Å². The van der Waals surface area contributed by atoms with Gasteiger partial charge >= 0.3 is 0 Å². The molecule has 8 heteroatoms. The van der Waals surface area contributed by atoms with Crippen LogP contribution in [0.2, 0.25) is 0 Å². The number of hydrogen-bond acceptors (Lipinski definition) is 5. The first kappa shape index (κ1) is 23.6. The SMILES string of the molecule is COc1ccccc1-c1nn(-c2ccccc2)cc1/C=C/C(=O)N1CCN(C(=O)c2cccs2)CC1. The van der Waals surface area contributed by atoms with Gasteiger partial charge in [-0.3, -0.25) is 9.59 Å². The predicted molar refractivity (Wildman–Crippen MR) is 141 cm³/mol. The van der Waals surface area contributed by atoms with E-state index in [0.717, 1.165) is 27.4 Å². The highest BCUT2D eigenvalue weighted by Crippen LogP contribution is 2.32. The highest BCUT2D eigenvalue weighted by molar-refractivity contribution is 7.12. The molecule has 0 N–H and O–H groups in total. The highest BCUT2D eigenvalue weighted by Gasteiger charge is 2.24. The van der Waals surface area contributed by atoms with E-state index in [2.05, 4.69) is 0 Å². The van der Waals surface area contributed by atoms with Gasteiger partial charge in [0.25, 0.3) is 5.91 Å². The first-order chi connectivity index (χ1) is 17.6. The molecule has 2 aromatic heterocycles. The van der Waals surface area contributed by atoms with Gasteiger partial charge in [0.15, 0.2) is 0 Å². The molecule has 0 radical (unpaired) electrons. The highest BCUT2D eigenvalue weighted by atomic mass is 32.1. The van der Waals surface area contributed by atoms with Crippen molar-refractivity contribution >= 4 is 29.2 Å². The van der Waals surface area contributed by atoms with Gasteiger partial charge in [0.05, 0.1) is 17.7 Å². The van der Waals surface area contributed by atoms with E-state index < -0.39 is 0 Å². The number of ether oxygens (including phenoxy) is 1. The molecule has 0 saturated carbocycles. The Morgan fingerprint density at radius 2 is 1.64 bits per heavy atom. The first-order valence-electron chi connectivity index (χ1n) is 11.7. The van der Waals surface area contributed by atoms with Crippen molar-refractivity contribution < 1.29 is 14.3 Å². The maximum atomic E-state index is 13.0. The van der Waals surface area contributed by atoms with E-state index in [9.17, 15) is 9.59 Å². The minimum absolute atomic E-state index is 0.0300. The summed E-state index contributed by atoms with van der Waals surface area (Å²) in [5, 5.41) is 6.72. The van der Waals surface area contributed by atoms with Crippen molar-refractivity contribution in [1.82, 2.24) is 19.6 Å². The largest absolute Gasteiger partial charge is 0.496 e. The molecule has 1 fully saturated rings. The number of methoxy groups -OCH3 is 1. The van der Waals surface area contributed by atoms with E-state index in [4.69, 9.17) is 9.84 Å². The van der Waals surface area contributed by atoms with E-state index in [0.29, 0.717) is 31.9 Å². The summed E-state index contributed by atoms with van der Waals surface area (Å²) >= 11 is 1.44. The summed E-state index contributed by atoms with van der Waals surface area (Å²) in [6.07, 6.45) is 5.31. The fourth-order valence-corrected chi connectivity index (χ4v) is 4.92. The number of para-hydroxylation sites is 2. The number of rotatable bonds is 6. The second-order valence-corrected chi connectivity index (χ2v) is 9.29. The number of nitrogens with zero attached hydrogens (tertiary/aromatic N) is 4. The third-order valence-electron chi connectivity index (χ3n) is 6.14. The van der Waals surface area contributed by atoms with Crippen LogP contribution < -0.4 is 4.74 Å². The van der Waals surface area contributed by atoms with Gasteiger partial charge in [-0.1, -0.05) is 36.4 Å². The summed E-state index contributed by atoms with van der Waals surface area (Å²) in [6, 6.07) is 21.3. The van der Waals surface area contributed by atoms with E-state index in [1.807, 2.05) is 83.2 Å². The molecular formula is C28H26N4O3S. The molecule has 1 saturated heterocycles. The summed E-state index contributed by atoms with van der Waals surface area (Å²) in [7, 11) is 1.63. The van der Waals surface area contributed by atoms with Crippen LogP contribution in [-0.4, -0.2) is 64.7 Å². The van der Waals surface area contributed by atoms with Gasteiger partial charge in [-0.05, 0) is 41.8 Å². The summed E-state index contributed by atoms with van der Waals surface area (Å²) in [4.78, 5) is 29.9. The predicted octanol–water partition coefficient (Wildman–Crippen LogP) is 4.61. The average molecular weight is 499 g/mol. The van der Waals surface area contributed by atoms with E-state index in [-0.39, 0.29) is 11.8 Å². The third kappa shape index (κ3) is 4.94. The fraction of sp³-hybridized carbons (Fsp3) is 0.179. The molecule has 2 aromatic carbocycles. The minimum Gasteiger partial charge on any atom is -0.496 e. The lowest BCUT2D eigenvalue weighted by atomic mass is 10.1. The lowest BCUT2D eigenvalue weighted by Gasteiger charge is -2.34. The quantitative estimate of drug-likeness (QED) is 0.364. The summed E-state index contributed by atoms with van der Waals surface area (Å²) in [5.74, 6) is 0.655. The zero-order valence-corrected chi connectivity index (χ0v) is 20.7. The molecule has 4 aromatic rings. The molecule has 0 aliphatic carbocycles. The van der Waals surface area contributed by atoms with Gasteiger partial charge in [0.2, 0.25) is 5.91 Å². The molecule has 1 aliphatic heterocycles. The molecule has 7 nitrogen and oxygen atoms in total. The van der Waals surface area contributed by atoms with E-state index >= 15 is 0 Å². The Kier molecular flexibility index (Phi) is 6.95. The minimum atomic E-state index is -0.0864.